The van der Waals surface area contributed by atoms with Crippen molar-refractivity contribution >= 4 is 15.9 Å². The molecule has 0 saturated carbocycles. The molecule has 1 unspecified atom stereocenters. The van der Waals surface area contributed by atoms with Crippen LogP contribution in [0.4, 0.5) is 0 Å². The molecule has 1 saturated heterocycles. The van der Waals surface area contributed by atoms with Gasteiger partial charge in [0.15, 0.2) is 0 Å². The third-order valence-electron chi connectivity index (χ3n) is 3.12. The molecule has 1 atom stereocenters. The molecule has 1 aliphatic heterocycles. The fourth-order valence-corrected chi connectivity index (χ4v) is 2.58. The molecule has 0 bridgehead atoms. The summed E-state index contributed by atoms with van der Waals surface area (Å²) < 4.78 is 12.4. The lowest BCUT2D eigenvalue weighted by atomic mass is 10.1. The zero-order valence-corrected chi connectivity index (χ0v) is 13.2. The summed E-state index contributed by atoms with van der Waals surface area (Å²) in [5.74, 6) is 0.906. The van der Waals surface area contributed by atoms with E-state index in [0.717, 1.165) is 36.2 Å². The predicted molar refractivity (Wildman–Crippen MR) is 80.6 cm³/mol. The molecule has 1 aromatic carbocycles. The van der Waals surface area contributed by atoms with Crippen molar-refractivity contribution in [1.29, 1.82) is 0 Å². The van der Waals surface area contributed by atoms with E-state index in [1.807, 2.05) is 6.07 Å². The lowest BCUT2D eigenvalue weighted by Gasteiger charge is -2.24. The highest BCUT2D eigenvalue weighted by Crippen LogP contribution is 2.28. The molecule has 0 radical (unpaired) electrons. The van der Waals surface area contributed by atoms with Gasteiger partial charge in [-0.1, -0.05) is 19.9 Å². The first-order valence-corrected chi connectivity index (χ1v) is 7.70. The first kappa shape index (κ1) is 14.8. The number of ether oxygens (including phenoxy) is 2. The molecular formula is C15H22BrNO2. The molecule has 1 fully saturated rings. The zero-order chi connectivity index (χ0) is 13.7. The summed E-state index contributed by atoms with van der Waals surface area (Å²) in [5, 5.41) is 3.41. The van der Waals surface area contributed by atoms with E-state index in [2.05, 4.69) is 47.2 Å². The van der Waals surface area contributed by atoms with E-state index < -0.39 is 0 Å². The van der Waals surface area contributed by atoms with Gasteiger partial charge in [-0.3, -0.25) is 0 Å². The molecule has 0 aromatic heterocycles. The summed E-state index contributed by atoms with van der Waals surface area (Å²) in [7, 11) is 0. The third kappa shape index (κ3) is 4.79. The van der Waals surface area contributed by atoms with Gasteiger partial charge in [-0.05, 0) is 46.5 Å². The standard InChI is InChI=1S/C15H22BrNO2/c1-11(2)17-9-12-5-6-15(14(16)8-12)19-13-4-3-7-18-10-13/h5-6,8,11,13,17H,3-4,7,9-10H2,1-2H3. The van der Waals surface area contributed by atoms with Gasteiger partial charge in [0, 0.05) is 19.2 Å². The highest BCUT2D eigenvalue weighted by Gasteiger charge is 2.16. The van der Waals surface area contributed by atoms with Crippen molar-refractivity contribution < 1.29 is 9.47 Å². The molecule has 1 heterocycles. The minimum absolute atomic E-state index is 0.185. The maximum atomic E-state index is 5.97. The largest absolute Gasteiger partial charge is 0.487 e. The van der Waals surface area contributed by atoms with Crippen LogP contribution < -0.4 is 10.1 Å². The molecule has 19 heavy (non-hydrogen) atoms. The van der Waals surface area contributed by atoms with Crippen LogP contribution >= 0.6 is 15.9 Å². The van der Waals surface area contributed by atoms with Crippen molar-refractivity contribution in [2.75, 3.05) is 13.2 Å². The predicted octanol–water partition coefficient (Wildman–Crippen LogP) is 3.50. The summed E-state index contributed by atoms with van der Waals surface area (Å²) >= 11 is 3.59. The molecule has 1 aliphatic rings. The van der Waals surface area contributed by atoms with Gasteiger partial charge in [-0.2, -0.15) is 0 Å². The highest BCUT2D eigenvalue weighted by molar-refractivity contribution is 9.10. The number of hydrogen-bond donors (Lipinski definition) is 1. The van der Waals surface area contributed by atoms with E-state index in [-0.39, 0.29) is 6.10 Å². The van der Waals surface area contributed by atoms with Crippen molar-refractivity contribution in [3.8, 4) is 5.75 Å². The lowest BCUT2D eigenvalue weighted by molar-refractivity contribution is 0.00710. The average Bonchev–Trinajstić information content (AvgIpc) is 2.40. The molecule has 1 aromatic rings. The van der Waals surface area contributed by atoms with Crippen molar-refractivity contribution in [2.45, 2.75) is 45.4 Å². The fraction of sp³-hybridized carbons (Fsp3) is 0.600. The van der Waals surface area contributed by atoms with Crippen LogP contribution in [0.15, 0.2) is 22.7 Å². The average molecular weight is 328 g/mol. The lowest BCUT2D eigenvalue weighted by Crippen LogP contribution is -2.28. The van der Waals surface area contributed by atoms with Crippen LogP contribution in [0.5, 0.6) is 5.75 Å². The minimum atomic E-state index is 0.185. The second-order valence-corrected chi connectivity index (χ2v) is 6.11. The third-order valence-corrected chi connectivity index (χ3v) is 3.74. The van der Waals surface area contributed by atoms with Crippen LogP contribution in [0.2, 0.25) is 0 Å². The van der Waals surface area contributed by atoms with Crippen LogP contribution in [-0.4, -0.2) is 25.4 Å². The maximum Gasteiger partial charge on any atom is 0.134 e. The first-order chi connectivity index (χ1) is 9.15. The second-order valence-electron chi connectivity index (χ2n) is 5.26. The SMILES string of the molecule is CC(C)NCc1ccc(OC2CCCOC2)c(Br)c1. The second kappa shape index (κ2) is 7.27. The topological polar surface area (TPSA) is 30.5 Å². The molecule has 3 nitrogen and oxygen atoms in total. The van der Waals surface area contributed by atoms with E-state index in [1.54, 1.807) is 0 Å². The first-order valence-electron chi connectivity index (χ1n) is 6.91. The number of rotatable bonds is 5. The van der Waals surface area contributed by atoms with Crippen molar-refractivity contribution in [3.63, 3.8) is 0 Å². The Hall–Kier alpha value is -0.580. The Balaban J connectivity index is 1.94. The van der Waals surface area contributed by atoms with E-state index in [1.165, 1.54) is 5.56 Å². The fourth-order valence-electron chi connectivity index (χ4n) is 2.06. The molecule has 2 rings (SSSR count). The monoisotopic (exact) mass is 327 g/mol. The smallest absolute Gasteiger partial charge is 0.134 e. The maximum absolute atomic E-state index is 5.97. The molecule has 1 N–H and O–H groups in total. The van der Waals surface area contributed by atoms with Gasteiger partial charge >= 0.3 is 0 Å². The molecular weight excluding hydrogens is 306 g/mol. The quantitative estimate of drug-likeness (QED) is 0.897. The normalized spacial score (nSPS) is 19.7. The van der Waals surface area contributed by atoms with E-state index in [0.29, 0.717) is 12.6 Å². The Kier molecular flexibility index (Phi) is 5.67. The molecule has 0 aliphatic carbocycles. The van der Waals surface area contributed by atoms with Crippen LogP contribution in [0.1, 0.15) is 32.3 Å². The van der Waals surface area contributed by atoms with Gasteiger partial charge in [0.25, 0.3) is 0 Å². The Morgan fingerprint density at radius 2 is 2.32 bits per heavy atom. The van der Waals surface area contributed by atoms with Gasteiger partial charge in [0.1, 0.15) is 11.9 Å². The van der Waals surface area contributed by atoms with Gasteiger partial charge in [0.2, 0.25) is 0 Å². The summed E-state index contributed by atoms with van der Waals surface area (Å²) in [4.78, 5) is 0. The molecule has 106 valence electrons. The van der Waals surface area contributed by atoms with E-state index in [9.17, 15) is 0 Å². The van der Waals surface area contributed by atoms with Crippen molar-refractivity contribution in [3.05, 3.63) is 28.2 Å². The Bertz CT molecular complexity index is 403. The van der Waals surface area contributed by atoms with Gasteiger partial charge in [-0.15, -0.1) is 0 Å². The van der Waals surface area contributed by atoms with Crippen LogP contribution in [0.25, 0.3) is 0 Å². The van der Waals surface area contributed by atoms with Crippen LogP contribution in [0.3, 0.4) is 0 Å². The molecule has 0 amide bonds. The summed E-state index contributed by atoms with van der Waals surface area (Å²) in [5.41, 5.74) is 1.26. The van der Waals surface area contributed by atoms with E-state index in [4.69, 9.17) is 9.47 Å². The van der Waals surface area contributed by atoms with Crippen LogP contribution in [-0.2, 0) is 11.3 Å². The van der Waals surface area contributed by atoms with Crippen LogP contribution in [0, 0.1) is 0 Å². The highest BCUT2D eigenvalue weighted by atomic mass is 79.9. The molecule has 4 heteroatoms. The minimum Gasteiger partial charge on any atom is -0.487 e. The number of halogens is 1. The molecule has 0 spiro atoms. The Labute approximate surface area is 123 Å². The Morgan fingerprint density at radius 3 is 2.95 bits per heavy atom. The zero-order valence-electron chi connectivity index (χ0n) is 11.6. The number of nitrogens with one attached hydrogen (secondary N) is 1. The van der Waals surface area contributed by atoms with Gasteiger partial charge in [0.05, 0.1) is 11.1 Å². The van der Waals surface area contributed by atoms with Gasteiger partial charge < -0.3 is 14.8 Å². The number of benzene rings is 1. The van der Waals surface area contributed by atoms with Gasteiger partial charge in [-0.25, -0.2) is 0 Å². The van der Waals surface area contributed by atoms with E-state index >= 15 is 0 Å². The van der Waals surface area contributed by atoms with Crippen molar-refractivity contribution in [2.24, 2.45) is 0 Å². The summed E-state index contributed by atoms with van der Waals surface area (Å²) in [6.07, 6.45) is 2.34. The summed E-state index contributed by atoms with van der Waals surface area (Å²) in [6, 6.07) is 6.76. The van der Waals surface area contributed by atoms with Crippen molar-refractivity contribution in [1.82, 2.24) is 5.32 Å². The number of hydrogen-bond acceptors (Lipinski definition) is 3. The summed E-state index contributed by atoms with van der Waals surface area (Å²) in [6.45, 7) is 6.73. The Morgan fingerprint density at radius 1 is 1.47 bits per heavy atom.